The van der Waals surface area contributed by atoms with Crippen LogP contribution in [0.5, 0.6) is 0 Å². The highest BCUT2D eigenvalue weighted by molar-refractivity contribution is 5.93. The van der Waals surface area contributed by atoms with Crippen molar-refractivity contribution in [3.05, 3.63) is 41.7 Å². The van der Waals surface area contributed by atoms with Gasteiger partial charge in [0.1, 0.15) is 24.5 Å². The Morgan fingerprint density at radius 2 is 2.17 bits per heavy atom. The van der Waals surface area contributed by atoms with Crippen molar-refractivity contribution in [2.75, 3.05) is 12.4 Å². The van der Waals surface area contributed by atoms with Crippen molar-refractivity contribution < 1.29 is 18.4 Å². The van der Waals surface area contributed by atoms with Crippen molar-refractivity contribution in [1.29, 1.82) is 0 Å². The molecule has 9 heteroatoms. The number of aromatic nitrogens is 3. The Labute approximate surface area is 136 Å². The average Bonchev–Trinajstić information content (AvgIpc) is 3.21. The SMILES string of the molecule is CNC(=O)Cn1cnc(NC(=O)[C@@H]2C[C@H]2c2ccc(F)cc2F)n1. The van der Waals surface area contributed by atoms with Crippen LogP contribution in [0.3, 0.4) is 0 Å². The first-order chi connectivity index (χ1) is 11.5. The van der Waals surface area contributed by atoms with Crippen molar-refractivity contribution in [1.82, 2.24) is 20.1 Å². The van der Waals surface area contributed by atoms with E-state index in [1.807, 2.05) is 0 Å². The van der Waals surface area contributed by atoms with Crippen LogP contribution in [0.25, 0.3) is 0 Å². The molecule has 1 saturated carbocycles. The Balaban J connectivity index is 1.60. The van der Waals surface area contributed by atoms with Gasteiger partial charge in [-0.15, -0.1) is 5.10 Å². The lowest BCUT2D eigenvalue weighted by molar-refractivity contribution is -0.121. The predicted octanol–water partition coefficient (Wildman–Crippen LogP) is 1.04. The van der Waals surface area contributed by atoms with Gasteiger partial charge in [-0.2, -0.15) is 0 Å². The smallest absolute Gasteiger partial charge is 0.248 e. The van der Waals surface area contributed by atoms with Crippen LogP contribution in [0.15, 0.2) is 24.5 Å². The number of nitrogens with zero attached hydrogens (tertiary/aromatic N) is 3. The van der Waals surface area contributed by atoms with E-state index in [1.165, 1.54) is 30.2 Å². The normalized spacial score (nSPS) is 19.0. The summed E-state index contributed by atoms with van der Waals surface area (Å²) in [5.41, 5.74) is 0.328. The molecule has 0 unspecified atom stereocenters. The predicted molar refractivity (Wildman–Crippen MR) is 79.9 cm³/mol. The third-order valence-corrected chi connectivity index (χ3v) is 3.85. The second-order valence-corrected chi connectivity index (χ2v) is 5.54. The minimum absolute atomic E-state index is 0.00772. The lowest BCUT2D eigenvalue weighted by Crippen LogP contribution is -2.23. The molecule has 2 atom stereocenters. The number of carbonyl (C=O) groups excluding carboxylic acids is 2. The summed E-state index contributed by atoms with van der Waals surface area (Å²) < 4.78 is 27.9. The van der Waals surface area contributed by atoms with Gasteiger partial charge in [0.2, 0.25) is 17.8 Å². The summed E-state index contributed by atoms with van der Waals surface area (Å²) in [6, 6.07) is 3.34. The van der Waals surface area contributed by atoms with E-state index in [0.717, 1.165) is 6.07 Å². The molecule has 3 rings (SSSR count). The maximum absolute atomic E-state index is 13.7. The molecule has 1 aromatic carbocycles. The fourth-order valence-electron chi connectivity index (χ4n) is 2.49. The van der Waals surface area contributed by atoms with Crippen molar-refractivity contribution in [2.45, 2.75) is 18.9 Å². The quantitative estimate of drug-likeness (QED) is 0.855. The third kappa shape index (κ3) is 3.39. The Hall–Kier alpha value is -2.84. The number of amides is 2. The third-order valence-electron chi connectivity index (χ3n) is 3.85. The van der Waals surface area contributed by atoms with E-state index in [9.17, 15) is 18.4 Å². The Bertz CT molecular complexity index is 792. The van der Waals surface area contributed by atoms with Gasteiger partial charge in [-0.05, 0) is 24.0 Å². The summed E-state index contributed by atoms with van der Waals surface area (Å²) in [5.74, 6) is -2.48. The van der Waals surface area contributed by atoms with E-state index in [1.54, 1.807) is 0 Å². The van der Waals surface area contributed by atoms with Gasteiger partial charge in [-0.25, -0.2) is 18.4 Å². The number of carbonyl (C=O) groups is 2. The zero-order valence-electron chi connectivity index (χ0n) is 12.8. The molecule has 7 nitrogen and oxygen atoms in total. The van der Waals surface area contributed by atoms with Gasteiger partial charge >= 0.3 is 0 Å². The molecule has 1 aliphatic carbocycles. The molecule has 2 N–H and O–H groups in total. The van der Waals surface area contributed by atoms with Crippen LogP contribution < -0.4 is 10.6 Å². The molecule has 24 heavy (non-hydrogen) atoms. The Morgan fingerprint density at radius 1 is 1.38 bits per heavy atom. The van der Waals surface area contributed by atoms with Crippen LogP contribution in [0, 0.1) is 17.6 Å². The van der Waals surface area contributed by atoms with Gasteiger partial charge < -0.3 is 5.32 Å². The average molecular weight is 335 g/mol. The molecule has 2 amide bonds. The summed E-state index contributed by atoms with van der Waals surface area (Å²) in [7, 11) is 1.50. The highest BCUT2D eigenvalue weighted by Gasteiger charge is 2.45. The minimum atomic E-state index is -0.650. The second kappa shape index (κ2) is 6.34. The largest absolute Gasteiger partial charge is 0.358 e. The Kier molecular flexibility index (Phi) is 4.24. The summed E-state index contributed by atoms with van der Waals surface area (Å²) in [5, 5.41) is 8.95. The maximum atomic E-state index is 13.7. The molecule has 0 aliphatic heterocycles. The molecule has 0 saturated heterocycles. The monoisotopic (exact) mass is 335 g/mol. The molecule has 1 fully saturated rings. The molecule has 0 radical (unpaired) electrons. The van der Waals surface area contributed by atoms with Gasteiger partial charge in [0.15, 0.2) is 0 Å². The van der Waals surface area contributed by atoms with Crippen molar-refractivity contribution in [2.24, 2.45) is 5.92 Å². The van der Waals surface area contributed by atoms with Gasteiger partial charge in [0.05, 0.1) is 0 Å². The molecule has 1 aromatic heterocycles. The summed E-state index contributed by atoms with van der Waals surface area (Å²) in [6.45, 7) is -0.00772. The van der Waals surface area contributed by atoms with Crippen LogP contribution >= 0.6 is 0 Å². The van der Waals surface area contributed by atoms with E-state index in [0.29, 0.717) is 12.0 Å². The molecular formula is C15H15F2N5O2. The van der Waals surface area contributed by atoms with E-state index in [4.69, 9.17) is 0 Å². The van der Waals surface area contributed by atoms with E-state index in [-0.39, 0.29) is 30.2 Å². The van der Waals surface area contributed by atoms with E-state index >= 15 is 0 Å². The van der Waals surface area contributed by atoms with Crippen molar-refractivity contribution >= 4 is 17.8 Å². The number of hydrogen-bond donors (Lipinski definition) is 2. The Morgan fingerprint density at radius 3 is 2.88 bits per heavy atom. The van der Waals surface area contributed by atoms with Crippen LogP contribution in [0.1, 0.15) is 17.9 Å². The van der Waals surface area contributed by atoms with Gasteiger partial charge in [-0.1, -0.05) is 6.07 Å². The van der Waals surface area contributed by atoms with Crippen molar-refractivity contribution in [3.63, 3.8) is 0 Å². The molecule has 2 aromatic rings. The molecular weight excluding hydrogens is 320 g/mol. The number of likely N-dealkylation sites (N-methyl/N-ethyl adjacent to an activating group) is 1. The van der Waals surface area contributed by atoms with Crippen LogP contribution in [0.2, 0.25) is 0 Å². The molecule has 1 heterocycles. The second-order valence-electron chi connectivity index (χ2n) is 5.54. The highest BCUT2D eigenvalue weighted by atomic mass is 19.1. The standard InChI is InChI=1S/C15H15F2N5O2/c1-18-13(23)6-22-7-19-15(21-22)20-14(24)11-5-10(11)9-3-2-8(16)4-12(9)17/h2-4,7,10-11H,5-6H2,1H3,(H,18,23)(H,20,21,24)/t10-,11+/m0/s1. The maximum Gasteiger partial charge on any atom is 0.248 e. The number of rotatable bonds is 5. The van der Waals surface area contributed by atoms with Crippen LogP contribution in [-0.2, 0) is 16.1 Å². The van der Waals surface area contributed by atoms with Gasteiger partial charge in [0.25, 0.3) is 0 Å². The highest BCUT2D eigenvalue weighted by Crippen LogP contribution is 2.48. The number of benzene rings is 1. The number of hydrogen-bond acceptors (Lipinski definition) is 4. The lowest BCUT2D eigenvalue weighted by atomic mass is 10.1. The van der Waals surface area contributed by atoms with E-state index < -0.39 is 17.6 Å². The number of halogens is 2. The first-order valence-corrected chi connectivity index (χ1v) is 7.33. The summed E-state index contributed by atoms with van der Waals surface area (Å²) >= 11 is 0. The van der Waals surface area contributed by atoms with Crippen molar-refractivity contribution in [3.8, 4) is 0 Å². The van der Waals surface area contributed by atoms with Gasteiger partial charge in [-0.3, -0.25) is 14.9 Å². The fraction of sp³-hybridized carbons (Fsp3) is 0.333. The molecule has 0 bridgehead atoms. The molecule has 1 aliphatic rings. The topological polar surface area (TPSA) is 88.9 Å². The zero-order valence-corrected chi connectivity index (χ0v) is 12.8. The first-order valence-electron chi connectivity index (χ1n) is 7.33. The molecule has 126 valence electrons. The number of anilines is 1. The minimum Gasteiger partial charge on any atom is -0.358 e. The first kappa shape index (κ1) is 16.0. The van der Waals surface area contributed by atoms with Gasteiger partial charge in [0, 0.05) is 19.0 Å². The fourth-order valence-corrected chi connectivity index (χ4v) is 2.49. The van der Waals surface area contributed by atoms with Crippen LogP contribution in [-0.4, -0.2) is 33.6 Å². The lowest BCUT2D eigenvalue weighted by Gasteiger charge is -2.03. The zero-order chi connectivity index (χ0) is 17.3. The van der Waals surface area contributed by atoms with Crippen LogP contribution in [0.4, 0.5) is 14.7 Å². The summed E-state index contributed by atoms with van der Waals surface area (Å²) in [6.07, 6.45) is 1.81. The number of nitrogens with one attached hydrogen (secondary N) is 2. The van der Waals surface area contributed by atoms with E-state index in [2.05, 4.69) is 20.7 Å². The molecule has 0 spiro atoms. The summed E-state index contributed by atoms with van der Waals surface area (Å²) in [4.78, 5) is 27.3.